The standard InChI is InChI=1S/C33H32N2/c1-26-11-9-12-27(23-26)25-35(31-16-7-4-8-17-31)32-21-19-30(20-22-32)34(2)33-18-10-15-29(24-33)28-13-5-3-6-14-28/h3-11,13-24,27H,12,25H2,1-2H3. The van der Waals surface area contributed by atoms with Crippen molar-refractivity contribution in [3.63, 3.8) is 0 Å². The molecular formula is C33H32N2. The SMILES string of the molecule is CC1=CC(CN(c2ccccc2)c2ccc(N(C)c3cccc(-c4ccccc4)c3)cc2)CC=C1. The van der Waals surface area contributed by atoms with Crippen molar-refractivity contribution >= 4 is 22.7 Å². The fourth-order valence-electron chi connectivity index (χ4n) is 4.78. The van der Waals surface area contributed by atoms with Crippen LogP contribution in [0.25, 0.3) is 11.1 Å². The topological polar surface area (TPSA) is 6.48 Å². The minimum atomic E-state index is 0.503. The maximum absolute atomic E-state index is 2.44. The quantitative estimate of drug-likeness (QED) is 0.274. The molecule has 0 saturated carbocycles. The number of rotatable bonds is 7. The first-order chi connectivity index (χ1) is 17.2. The van der Waals surface area contributed by atoms with Crippen molar-refractivity contribution in [2.45, 2.75) is 13.3 Å². The average Bonchev–Trinajstić information content (AvgIpc) is 2.92. The van der Waals surface area contributed by atoms with Crippen LogP contribution < -0.4 is 9.80 Å². The molecule has 2 heteroatoms. The molecule has 35 heavy (non-hydrogen) atoms. The minimum absolute atomic E-state index is 0.503. The van der Waals surface area contributed by atoms with E-state index in [9.17, 15) is 0 Å². The van der Waals surface area contributed by atoms with Crippen LogP contribution in [0.2, 0.25) is 0 Å². The highest BCUT2D eigenvalue weighted by atomic mass is 15.1. The Bertz CT molecular complexity index is 1300. The van der Waals surface area contributed by atoms with Crippen LogP contribution >= 0.6 is 0 Å². The Balaban J connectivity index is 1.39. The summed E-state index contributed by atoms with van der Waals surface area (Å²) in [4.78, 5) is 4.69. The van der Waals surface area contributed by atoms with Gasteiger partial charge in [0.05, 0.1) is 0 Å². The van der Waals surface area contributed by atoms with Gasteiger partial charge in [-0.3, -0.25) is 0 Å². The van der Waals surface area contributed by atoms with Crippen LogP contribution in [0, 0.1) is 5.92 Å². The van der Waals surface area contributed by atoms with Gasteiger partial charge in [-0.1, -0.05) is 84.5 Å². The molecule has 4 aromatic rings. The molecule has 0 N–H and O–H groups in total. The third-order valence-corrected chi connectivity index (χ3v) is 6.69. The smallest absolute Gasteiger partial charge is 0.0414 e. The van der Waals surface area contributed by atoms with Crippen LogP contribution in [-0.4, -0.2) is 13.6 Å². The third kappa shape index (κ3) is 5.38. The van der Waals surface area contributed by atoms with Gasteiger partial charge in [0, 0.05) is 36.3 Å². The van der Waals surface area contributed by atoms with E-state index in [1.807, 2.05) is 0 Å². The fourth-order valence-corrected chi connectivity index (χ4v) is 4.78. The highest BCUT2D eigenvalue weighted by Gasteiger charge is 2.16. The predicted octanol–water partition coefficient (Wildman–Crippen LogP) is 8.78. The first kappa shape index (κ1) is 22.7. The summed E-state index contributed by atoms with van der Waals surface area (Å²) in [5.41, 5.74) is 8.60. The number of hydrogen-bond donors (Lipinski definition) is 0. The first-order valence-corrected chi connectivity index (χ1v) is 12.3. The second-order valence-electron chi connectivity index (χ2n) is 9.25. The number of benzene rings is 4. The lowest BCUT2D eigenvalue weighted by Gasteiger charge is -2.30. The van der Waals surface area contributed by atoms with Gasteiger partial charge in [-0.25, -0.2) is 0 Å². The van der Waals surface area contributed by atoms with Gasteiger partial charge in [0.2, 0.25) is 0 Å². The van der Waals surface area contributed by atoms with E-state index < -0.39 is 0 Å². The van der Waals surface area contributed by atoms with Gasteiger partial charge in [0.1, 0.15) is 0 Å². The summed E-state index contributed by atoms with van der Waals surface area (Å²) < 4.78 is 0. The number of nitrogens with zero attached hydrogens (tertiary/aromatic N) is 2. The molecule has 2 nitrogen and oxygen atoms in total. The van der Waals surface area contributed by atoms with Crippen molar-refractivity contribution in [2.75, 3.05) is 23.4 Å². The zero-order chi connectivity index (χ0) is 24.0. The van der Waals surface area contributed by atoms with Crippen molar-refractivity contribution in [1.82, 2.24) is 0 Å². The van der Waals surface area contributed by atoms with E-state index in [0.29, 0.717) is 5.92 Å². The lowest BCUT2D eigenvalue weighted by Crippen LogP contribution is -2.25. The highest BCUT2D eigenvalue weighted by molar-refractivity contribution is 5.73. The lowest BCUT2D eigenvalue weighted by molar-refractivity contribution is 0.652. The van der Waals surface area contributed by atoms with Gasteiger partial charge in [0.25, 0.3) is 0 Å². The van der Waals surface area contributed by atoms with Gasteiger partial charge in [-0.05, 0) is 78.9 Å². The lowest BCUT2D eigenvalue weighted by atomic mass is 9.96. The summed E-state index contributed by atoms with van der Waals surface area (Å²) in [6.07, 6.45) is 8.00. The molecule has 1 aliphatic carbocycles. The minimum Gasteiger partial charge on any atom is -0.345 e. The van der Waals surface area contributed by atoms with Crippen LogP contribution in [0.4, 0.5) is 22.7 Å². The molecule has 1 aliphatic rings. The van der Waals surface area contributed by atoms with Crippen molar-refractivity contribution in [1.29, 1.82) is 0 Å². The molecule has 0 aromatic heterocycles. The molecule has 1 unspecified atom stereocenters. The molecule has 174 valence electrons. The van der Waals surface area contributed by atoms with Crippen molar-refractivity contribution in [3.8, 4) is 11.1 Å². The summed E-state index contributed by atoms with van der Waals surface area (Å²) in [7, 11) is 2.13. The van der Waals surface area contributed by atoms with E-state index >= 15 is 0 Å². The van der Waals surface area contributed by atoms with Crippen LogP contribution in [0.1, 0.15) is 13.3 Å². The zero-order valence-corrected chi connectivity index (χ0v) is 20.5. The normalized spacial score (nSPS) is 14.9. The maximum Gasteiger partial charge on any atom is 0.0414 e. The molecule has 1 atom stereocenters. The molecule has 4 aromatic carbocycles. The highest BCUT2D eigenvalue weighted by Crippen LogP contribution is 2.33. The molecule has 5 rings (SSSR count). The molecular weight excluding hydrogens is 424 g/mol. The van der Waals surface area contributed by atoms with Crippen LogP contribution in [0.3, 0.4) is 0 Å². The summed E-state index contributed by atoms with van der Waals surface area (Å²) in [6.45, 7) is 3.15. The molecule has 0 saturated heterocycles. The second kappa shape index (κ2) is 10.5. The third-order valence-electron chi connectivity index (χ3n) is 6.69. The summed E-state index contributed by atoms with van der Waals surface area (Å²) in [6, 6.07) is 38.9. The van der Waals surface area contributed by atoms with Crippen LogP contribution in [0.5, 0.6) is 0 Å². The molecule has 0 spiro atoms. The number of hydrogen-bond acceptors (Lipinski definition) is 2. The Hall–Kier alpha value is -4.04. The van der Waals surface area contributed by atoms with Gasteiger partial charge < -0.3 is 9.80 Å². The Morgan fingerprint density at radius 2 is 1.26 bits per heavy atom. The van der Waals surface area contributed by atoms with E-state index in [2.05, 4.69) is 151 Å². The monoisotopic (exact) mass is 456 g/mol. The van der Waals surface area contributed by atoms with Gasteiger partial charge in [0.15, 0.2) is 0 Å². The summed E-state index contributed by atoms with van der Waals surface area (Å²) >= 11 is 0. The average molecular weight is 457 g/mol. The first-order valence-electron chi connectivity index (χ1n) is 12.3. The van der Waals surface area contributed by atoms with Gasteiger partial charge in [-0.2, -0.15) is 0 Å². The van der Waals surface area contributed by atoms with E-state index in [1.165, 1.54) is 39.4 Å². The van der Waals surface area contributed by atoms with Gasteiger partial charge >= 0.3 is 0 Å². The van der Waals surface area contributed by atoms with Crippen LogP contribution in [-0.2, 0) is 0 Å². The Labute approximate surface area is 209 Å². The largest absolute Gasteiger partial charge is 0.345 e. The van der Waals surface area contributed by atoms with E-state index in [4.69, 9.17) is 0 Å². The Kier molecular flexibility index (Phi) is 6.81. The fraction of sp³-hybridized carbons (Fsp3) is 0.152. The number of anilines is 4. The van der Waals surface area contributed by atoms with E-state index in [1.54, 1.807) is 0 Å². The van der Waals surface area contributed by atoms with Crippen molar-refractivity contribution in [2.24, 2.45) is 5.92 Å². The number of allylic oxidation sites excluding steroid dienone is 3. The molecule has 0 radical (unpaired) electrons. The molecule has 0 heterocycles. The summed E-state index contributed by atoms with van der Waals surface area (Å²) in [5, 5.41) is 0. The van der Waals surface area contributed by atoms with Gasteiger partial charge in [-0.15, -0.1) is 0 Å². The van der Waals surface area contributed by atoms with E-state index in [-0.39, 0.29) is 0 Å². The molecule has 0 aliphatic heterocycles. The van der Waals surface area contributed by atoms with Crippen molar-refractivity contribution in [3.05, 3.63) is 133 Å². The number of para-hydroxylation sites is 1. The molecule has 0 amide bonds. The summed E-state index contributed by atoms with van der Waals surface area (Å²) in [5.74, 6) is 0.503. The maximum atomic E-state index is 2.44. The predicted molar refractivity (Wildman–Crippen MR) is 151 cm³/mol. The van der Waals surface area contributed by atoms with E-state index in [0.717, 1.165) is 13.0 Å². The molecule has 0 bridgehead atoms. The zero-order valence-electron chi connectivity index (χ0n) is 20.5. The Morgan fingerprint density at radius 3 is 1.97 bits per heavy atom. The molecule has 0 fully saturated rings. The Morgan fingerprint density at radius 1 is 0.657 bits per heavy atom. The second-order valence-corrected chi connectivity index (χ2v) is 9.25. The van der Waals surface area contributed by atoms with Crippen LogP contribution in [0.15, 0.2) is 133 Å². The van der Waals surface area contributed by atoms with Crippen molar-refractivity contribution < 1.29 is 0 Å².